The van der Waals surface area contributed by atoms with E-state index in [-0.39, 0.29) is 0 Å². The summed E-state index contributed by atoms with van der Waals surface area (Å²) in [7, 11) is 2.02. The van der Waals surface area contributed by atoms with E-state index in [1.165, 1.54) is 24.8 Å². The van der Waals surface area contributed by atoms with Gasteiger partial charge in [-0.25, -0.2) is 0 Å². The van der Waals surface area contributed by atoms with Gasteiger partial charge in [-0.1, -0.05) is 49.6 Å². The molecule has 90 valence electrons. The van der Waals surface area contributed by atoms with Crippen LogP contribution in [0.3, 0.4) is 0 Å². The van der Waals surface area contributed by atoms with E-state index >= 15 is 0 Å². The molecule has 0 amide bonds. The second-order valence-electron chi connectivity index (χ2n) is 4.36. The van der Waals surface area contributed by atoms with E-state index in [4.69, 9.17) is 11.6 Å². The van der Waals surface area contributed by atoms with Crippen molar-refractivity contribution in [2.75, 3.05) is 13.6 Å². The highest BCUT2D eigenvalue weighted by Crippen LogP contribution is 2.21. The molecule has 0 aliphatic rings. The molecule has 0 saturated carbocycles. The molecule has 2 heteroatoms. The number of hydrogen-bond donors (Lipinski definition) is 1. The van der Waals surface area contributed by atoms with E-state index < -0.39 is 0 Å². The van der Waals surface area contributed by atoms with Crippen molar-refractivity contribution < 1.29 is 0 Å². The van der Waals surface area contributed by atoms with Gasteiger partial charge in [-0.05, 0) is 44.0 Å². The van der Waals surface area contributed by atoms with Gasteiger partial charge in [0.15, 0.2) is 0 Å². The molecule has 0 fully saturated rings. The molecule has 0 saturated heterocycles. The number of nitrogens with one attached hydrogen (secondary N) is 1. The molecule has 0 aliphatic heterocycles. The lowest BCUT2D eigenvalue weighted by Crippen LogP contribution is -2.20. The molecule has 0 bridgehead atoms. The summed E-state index contributed by atoms with van der Waals surface area (Å²) in [6, 6.07) is 8.17. The summed E-state index contributed by atoms with van der Waals surface area (Å²) in [5.41, 5.74) is 1.28. The summed E-state index contributed by atoms with van der Waals surface area (Å²) in [6.07, 6.45) is 4.93. The van der Waals surface area contributed by atoms with Gasteiger partial charge in [0.05, 0.1) is 0 Å². The van der Waals surface area contributed by atoms with Gasteiger partial charge < -0.3 is 5.32 Å². The fraction of sp³-hybridized carbons (Fsp3) is 0.571. The molecule has 0 aliphatic carbocycles. The predicted octanol–water partition coefficient (Wildman–Crippen LogP) is 3.91. The number of rotatable bonds is 7. The zero-order valence-corrected chi connectivity index (χ0v) is 11.1. The average Bonchev–Trinajstić information content (AvgIpc) is 2.29. The Kier molecular flexibility index (Phi) is 6.51. The monoisotopic (exact) mass is 239 g/mol. The molecule has 16 heavy (non-hydrogen) atoms. The van der Waals surface area contributed by atoms with Crippen LogP contribution in [0.25, 0.3) is 0 Å². The van der Waals surface area contributed by atoms with Crippen molar-refractivity contribution in [3.8, 4) is 0 Å². The fourth-order valence-electron chi connectivity index (χ4n) is 2.03. The number of benzene rings is 1. The first-order chi connectivity index (χ1) is 7.77. The third kappa shape index (κ3) is 4.54. The summed E-state index contributed by atoms with van der Waals surface area (Å²) < 4.78 is 0. The molecule has 1 atom stereocenters. The molecule has 1 rings (SSSR count). The molecular formula is C14H22ClN. The molecule has 0 spiro atoms. The molecule has 1 aromatic carbocycles. The third-order valence-corrected chi connectivity index (χ3v) is 3.29. The smallest absolute Gasteiger partial charge is 0.0438 e. The van der Waals surface area contributed by atoms with Crippen LogP contribution in [0.1, 0.15) is 31.7 Å². The Morgan fingerprint density at radius 1 is 1.31 bits per heavy atom. The van der Waals surface area contributed by atoms with E-state index in [0.717, 1.165) is 18.0 Å². The number of unbranched alkanes of at least 4 members (excludes halogenated alkanes) is 1. The minimum atomic E-state index is 0.699. The van der Waals surface area contributed by atoms with Crippen LogP contribution in [-0.2, 0) is 6.42 Å². The molecule has 1 N–H and O–H groups in total. The van der Waals surface area contributed by atoms with E-state index in [9.17, 15) is 0 Å². The van der Waals surface area contributed by atoms with Gasteiger partial charge in [-0.15, -0.1) is 0 Å². The van der Waals surface area contributed by atoms with E-state index in [1.807, 2.05) is 19.2 Å². The largest absolute Gasteiger partial charge is 0.319 e. The maximum atomic E-state index is 6.18. The highest BCUT2D eigenvalue weighted by Gasteiger charge is 2.10. The first-order valence-corrected chi connectivity index (χ1v) is 6.53. The molecule has 0 radical (unpaired) electrons. The first-order valence-electron chi connectivity index (χ1n) is 6.16. The summed E-state index contributed by atoms with van der Waals surface area (Å²) in [5, 5.41) is 4.18. The van der Waals surface area contributed by atoms with Crippen LogP contribution >= 0.6 is 11.6 Å². The summed E-state index contributed by atoms with van der Waals surface area (Å²) in [6.45, 7) is 3.32. The van der Waals surface area contributed by atoms with Gasteiger partial charge in [0, 0.05) is 5.02 Å². The number of hydrogen-bond acceptors (Lipinski definition) is 1. The van der Waals surface area contributed by atoms with E-state index in [1.54, 1.807) is 0 Å². The second-order valence-corrected chi connectivity index (χ2v) is 4.77. The predicted molar refractivity (Wildman–Crippen MR) is 72.1 cm³/mol. The van der Waals surface area contributed by atoms with Crippen molar-refractivity contribution in [2.24, 2.45) is 5.92 Å². The topological polar surface area (TPSA) is 12.0 Å². The van der Waals surface area contributed by atoms with Crippen molar-refractivity contribution in [2.45, 2.75) is 32.6 Å². The van der Waals surface area contributed by atoms with Crippen molar-refractivity contribution in [3.63, 3.8) is 0 Å². The van der Waals surface area contributed by atoms with Crippen LogP contribution < -0.4 is 5.32 Å². The Balaban J connectivity index is 2.56. The van der Waals surface area contributed by atoms with Crippen LogP contribution in [0.4, 0.5) is 0 Å². The molecule has 0 heterocycles. The maximum absolute atomic E-state index is 6.18. The number of halogens is 1. The average molecular weight is 240 g/mol. The Morgan fingerprint density at radius 3 is 2.69 bits per heavy atom. The van der Waals surface area contributed by atoms with Crippen LogP contribution in [0.2, 0.25) is 5.02 Å². The molecule has 0 aromatic heterocycles. The molecule has 1 aromatic rings. The van der Waals surface area contributed by atoms with Gasteiger partial charge in [-0.2, -0.15) is 0 Å². The van der Waals surface area contributed by atoms with Gasteiger partial charge in [0.1, 0.15) is 0 Å². The van der Waals surface area contributed by atoms with Gasteiger partial charge >= 0.3 is 0 Å². The maximum Gasteiger partial charge on any atom is 0.0438 e. The minimum absolute atomic E-state index is 0.699. The second kappa shape index (κ2) is 7.70. The van der Waals surface area contributed by atoms with Crippen LogP contribution in [-0.4, -0.2) is 13.6 Å². The Hall–Kier alpha value is -0.530. The van der Waals surface area contributed by atoms with Crippen LogP contribution in [0.5, 0.6) is 0 Å². The molecule has 1 nitrogen and oxygen atoms in total. The zero-order chi connectivity index (χ0) is 11.8. The Labute approximate surface area is 104 Å². The van der Waals surface area contributed by atoms with Gasteiger partial charge in [-0.3, -0.25) is 0 Å². The Morgan fingerprint density at radius 2 is 2.06 bits per heavy atom. The minimum Gasteiger partial charge on any atom is -0.319 e. The van der Waals surface area contributed by atoms with Gasteiger partial charge in [0.2, 0.25) is 0 Å². The summed E-state index contributed by atoms with van der Waals surface area (Å²) >= 11 is 6.18. The highest BCUT2D eigenvalue weighted by atomic mass is 35.5. The van der Waals surface area contributed by atoms with E-state index in [0.29, 0.717) is 5.92 Å². The van der Waals surface area contributed by atoms with E-state index in [2.05, 4.69) is 24.4 Å². The molecule has 1 unspecified atom stereocenters. The van der Waals surface area contributed by atoms with Crippen molar-refractivity contribution in [3.05, 3.63) is 34.9 Å². The van der Waals surface area contributed by atoms with Crippen molar-refractivity contribution >= 4 is 11.6 Å². The SMILES string of the molecule is CCCCC(CNC)Cc1ccccc1Cl. The lowest BCUT2D eigenvalue weighted by molar-refractivity contribution is 0.444. The third-order valence-electron chi connectivity index (χ3n) is 2.93. The first kappa shape index (κ1) is 13.5. The summed E-state index contributed by atoms with van der Waals surface area (Å²) in [4.78, 5) is 0. The fourth-order valence-corrected chi connectivity index (χ4v) is 2.25. The summed E-state index contributed by atoms with van der Waals surface area (Å²) in [5.74, 6) is 0.699. The highest BCUT2D eigenvalue weighted by molar-refractivity contribution is 6.31. The zero-order valence-electron chi connectivity index (χ0n) is 10.3. The molecular weight excluding hydrogens is 218 g/mol. The normalized spacial score (nSPS) is 12.7. The van der Waals surface area contributed by atoms with Gasteiger partial charge in [0.25, 0.3) is 0 Å². The lowest BCUT2D eigenvalue weighted by atomic mass is 9.94. The quantitative estimate of drug-likeness (QED) is 0.761. The lowest BCUT2D eigenvalue weighted by Gasteiger charge is -2.16. The van der Waals surface area contributed by atoms with Crippen molar-refractivity contribution in [1.82, 2.24) is 5.32 Å². The van der Waals surface area contributed by atoms with Crippen LogP contribution in [0, 0.1) is 5.92 Å². The Bertz CT molecular complexity index is 299. The standard InChI is InChI=1S/C14H22ClN/c1-3-4-7-12(11-16-2)10-13-8-5-6-9-14(13)15/h5-6,8-9,12,16H,3-4,7,10-11H2,1-2H3. The van der Waals surface area contributed by atoms with Crippen molar-refractivity contribution in [1.29, 1.82) is 0 Å². The van der Waals surface area contributed by atoms with Crippen LogP contribution in [0.15, 0.2) is 24.3 Å².